The Labute approximate surface area is 182 Å². The third kappa shape index (κ3) is 5.98. The molecule has 0 saturated carbocycles. The highest BCUT2D eigenvalue weighted by Crippen LogP contribution is 2.17. The number of methoxy groups -OCH3 is 1. The Morgan fingerprint density at radius 2 is 1.82 bits per heavy atom. The second-order valence-corrected chi connectivity index (χ2v) is 6.02. The lowest BCUT2D eigenvalue weighted by atomic mass is 10.1. The number of guanidine groups is 1. The number of hydrogen-bond acceptors (Lipinski definition) is 3. The normalized spacial score (nSPS) is 10.9. The summed E-state index contributed by atoms with van der Waals surface area (Å²) in [6, 6.07) is 18.2. The lowest BCUT2D eigenvalue weighted by Crippen LogP contribution is -2.38. The zero-order valence-corrected chi connectivity index (χ0v) is 18.4. The summed E-state index contributed by atoms with van der Waals surface area (Å²) >= 11 is 0. The van der Waals surface area contributed by atoms with Crippen LogP contribution in [-0.4, -0.2) is 36.6 Å². The molecule has 0 bridgehead atoms. The van der Waals surface area contributed by atoms with E-state index >= 15 is 0 Å². The second-order valence-electron chi connectivity index (χ2n) is 6.02. The molecule has 3 rings (SSSR count). The highest BCUT2D eigenvalue weighted by Gasteiger charge is 2.05. The van der Waals surface area contributed by atoms with E-state index in [1.165, 1.54) is 5.56 Å². The van der Waals surface area contributed by atoms with E-state index in [0.717, 1.165) is 41.8 Å². The molecule has 148 valence electrons. The average molecular weight is 491 g/mol. The van der Waals surface area contributed by atoms with Gasteiger partial charge in [-0.25, -0.2) is 4.98 Å². The third-order valence-electron chi connectivity index (χ3n) is 4.24. The van der Waals surface area contributed by atoms with Crippen LogP contribution in [0.1, 0.15) is 11.4 Å². The number of para-hydroxylation sites is 1. The Morgan fingerprint density at radius 1 is 1.07 bits per heavy atom. The molecule has 0 radical (unpaired) electrons. The van der Waals surface area contributed by atoms with Gasteiger partial charge in [0, 0.05) is 13.6 Å². The largest absolute Gasteiger partial charge is 0.496 e. The van der Waals surface area contributed by atoms with E-state index in [2.05, 4.69) is 43.8 Å². The third-order valence-corrected chi connectivity index (χ3v) is 4.24. The van der Waals surface area contributed by atoms with Crippen molar-refractivity contribution in [2.24, 2.45) is 4.99 Å². The van der Waals surface area contributed by atoms with Gasteiger partial charge in [-0.15, -0.1) is 24.0 Å². The van der Waals surface area contributed by atoms with Gasteiger partial charge in [-0.3, -0.25) is 4.99 Å². The first-order valence-corrected chi connectivity index (χ1v) is 8.96. The molecule has 2 aromatic carbocycles. The van der Waals surface area contributed by atoms with Gasteiger partial charge >= 0.3 is 0 Å². The molecule has 7 heteroatoms. The molecule has 3 aromatic rings. The van der Waals surface area contributed by atoms with Gasteiger partial charge in [-0.2, -0.15) is 0 Å². The molecule has 0 amide bonds. The van der Waals surface area contributed by atoms with E-state index in [0.29, 0.717) is 6.54 Å². The fraction of sp³-hybridized carbons (Fsp3) is 0.238. The van der Waals surface area contributed by atoms with Gasteiger partial charge in [0.25, 0.3) is 0 Å². The molecule has 0 fully saturated rings. The molecule has 1 heterocycles. The standard InChI is InChI=1S/C21H25N5O.HI/c1-22-21(23-13-12-17-10-6-7-11-19(17)27-2)25-15-20-24-14-18(26-20)16-8-4-3-5-9-16;/h3-11,14H,12-13,15H2,1-2H3,(H,24,26)(H2,22,23,25);1H. The van der Waals surface area contributed by atoms with Crippen molar-refractivity contribution < 1.29 is 4.74 Å². The van der Waals surface area contributed by atoms with Gasteiger partial charge in [0.15, 0.2) is 5.96 Å². The number of aliphatic imine (C=N–C) groups is 1. The summed E-state index contributed by atoms with van der Waals surface area (Å²) < 4.78 is 5.39. The molecule has 6 nitrogen and oxygen atoms in total. The van der Waals surface area contributed by atoms with Crippen molar-refractivity contribution in [3.05, 3.63) is 72.2 Å². The highest BCUT2D eigenvalue weighted by atomic mass is 127. The Balaban J connectivity index is 0.00000280. The molecule has 0 unspecified atom stereocenters. The number of ether oxygens (including phenoxy) is 1. The first-order chi connectivity index (χ1) is 13.3. The number of imidazole rings is 1. The summed E-state index contributed by atoms with van der Waals surface area (Å²) in [7, 11) is 3.45. The predicted molar refractivity (Wildman–Crippen MR) is 124 cm³/mol. The van der Waals surface area contributed by atoms with Gasteiger partial charge in [0.2, 0.25) is 0 Å². The zero-order valence-electron chi connectivity index (χ0n) is 16.1. The number of nitrogens with one attached hydrogen (secondary N) is 3. The monoisotopic (exact) mass is 491 g/mol. The van der Waals surface area contributed by atoms with Crippen LogP contribution < -0.4 is 15.4 Å². The van der Waals surface area contributed by atoms with Gasteiger partial charge in [0.1, 0.15) is 11.6 Å². The van der Waals surface area contributed by atoms with Gasteiger partial charge in [-0.05, 0) is 23.6 Å². The number of hydrogen-bond donors (Lipinski definition) is 3. The molecule has 0 spiro atoms. The molecule has 0 saturated heterocycles. The predicted octanol–water partition coefficient (Wildman–Crippen LogP) is 3.61. The molecule has 28 heavy (non-hydrogen) atoms. The Morgan fingerprint density at radius 3 is 2.57 bits per heavy atom. The molecular formula is C21H26IN5O. The lowest BCUT2D eigenvalue weighted by Gasteiger charge is -2.12. The maximum atomic E-state index is 5.39. The fourth-order valence-corrected chi connectivity index (χ4v) is 2.83. The van der Waals surface area contributed by atoms with Crippen molar-refractivity contribution in [2.45, 2.75) is 13.0 Å². The van der Waals surface area contributed by atoms with Crippen LogP contribution in [0.5, 0.6) is 5.75 Å². The summed E-state index contributed by atoms with van der Waals surface area (Å²) in [6.07, 6.45) is 2.70. The number of H-pyrrole nitrogens is 1. The molecule has 0 aliphatic carbocycles. The maximum Gasteiger partial charge on any atom is 0.191 e. The molecule has 0 aliphatic rings. The first-order valence-electron chi connectivity index (χ1n) is 8.96. The van der Waals surface area contributed by atoms with Crippen molar-refractivity contribution in [1.29, 1.82) is 0 Å². The van der Waals surface area contributed by atoms with Crippen molar-refractivity contribution >= 4 is 29.9 Å². The van der Waals surface area contributed by atoms with Gasteiger partial charge < -0.3 is 20.4 Å². The summed E-state index contributed by atoms with van der Waals surface area (Å²) in [5.41, 5.74) is 3.29. The van der Waals surface area contributed by atoms with Crippen LogP contribution in [0.4, 0.5) is 0 Å². The Hall–Kier alpha value is -2.55. The molecule has 0 aliphatic heterocycles. The summed E-state index contributed by atoms with van der Waals surface area (Å²) in [5.74, 6) is 2.51. The minimum absolute atomic E-state index is 0. The number of nitrogens with zero attached hydrogens (tertiary/aromatic N) is 2. The number of aromatic amines is 1. The van der Waals surface area contributed by atoms with Crippen LogP contribution in [0.3, 0.4) is 0 Å². The Kier molecular flexibility index (Phi) is 8.80. The highest BCUT2D eigenvalue weighted by molar-refractivity contribution is 14.0. The minimum atomic E-state index is 0. The van der Waals surface area contributed by atoms with E-state index in [1.807, 2.05) is 42.6 Å². The van der Waals surface area contributed by atoms with Crippen LogP contribution in [0, 0.1) is 0 Å². The van der Waals surface area contributed by atoms with Crippen LogP contribution in [0.2, 0.25) is 0 Å². The number of rotatable bonds is 7. The summed E-state index contributed by atoms with van der Waals surface area (Å²) in [5, 5.41) is 6.60. The lowest BCUT2D eigenvalue weighted by molar-refractivity contribution is 0.409. The smallest absolute Gasteiger partial charge is 0.191 e. The van der Waals surface area contributed by atoms with Crippen LogP contribution in [0.25, 0.3) is 11.3 Å². The number of benzene rings is 2. The van der Waals surface area contributed by atoms with Crippen LogP contribution in [-0.2, 0) is 13.0 Å². The molecule has 0 atom stereocenters. The maximum absolute atomic E-state index is 5.39. The Bertz CT molecular complexity index is 879. The van der Waals surface area contributed by atoms with Crippen LogP contribution >= 0.6 is 24.0 Å². The quantitative estimate of drug-likeness (QED) is 0.268. The zero-order chi connectivity index (χ0) is 18.9. The molecular weight excluding hydrogens is 465 g/mol. The number of aromatic nitrogens is 2. The average Bonchev–Trinajstić information content (AvgIpc) is 3.20. The topological polar surface area (TPSA) is 74.3 Å². The van der Waals surface area contributed by atoms with Crippen molar-refractivity contribution in [1.82, 2.24) is 20.6 Å². The minimum Gasteiger partial charge on any atom is -0.496 e. The molecule has 3 N–H and O–H groups in total. The van der Waals surface area contributed by atoms with Crippen molar-refractivity contribution in [3.63, 3.8) is 0 Å². The van der Waals surface area contributed by atoms with E-state index in [4.69, 9.17) is 4.74 Å². The van der Waals surface area contributed by atoms with E-state index in [9.17, 15) is 0 Å². The van der Waals surface area contributed by atoms with E-state index in [1.54, 1.807) is 14.2 Å². The van der Waals surface area contributed by atoms with Crippen LogP contribution in [0.15, 0.2) is 65.8 Å². The van der Waals surface area contributed by atoms with Gasteiger partial charge in [-0.1, -0.05) is 48.5 Å². The summed E-state index contributed by atoms with van der Waals surface area (Å²) in [4.78, 5) is 12.0. The summed E-state index contributed by atoms with van der Waals surface area (Å²) in [6.45, 7) is 1.33. The SMILES string of the molecule is CN=C(NCCc1ccccc1OC)NCc1ncc(-c2ccccc2)[nH]1.I. The van der Waals surface area contributed by atoms with Crippen molar-refractivity contribution in [3.8, 4) is 17.0 Å². The number of halogens is 1. The van der Waals surface area contributed by atoms with Crippen molar-refractivity contribution in [2.75, 3.05) is 20.7 Å². The van der Waals surface area contributed by atoms with E-state index < -0.39 is 0 Å². The second kappa shape index (κ2) is 11.3. The fourth-order valence-electron chi connectivity index (χ4n) is 2.83. The molecule has 1 aromatic heterocycles. The van der Waals surface area contributed by atoms with Gasteiger partial charge in [0.05, 0.1) is 25.5 Å². The van der Waals surface area contributed by atoms with E-state index in [-0.39, 0.29) is 24.0 Å². The first kappa shape index (κ1) is 21.7.